The minimum absolute atomic E-state index is 0.0462. The van der Waals surface area contributed by atoms with Crippen molar-refractivity contribution < 1.29 is 14.1 Å². The fraction of sp³-hybridized carbons (Fsp3) is 0.188. The molecule has 23 heavy (non-hydrogen) atoms. The van der Waals surface area contributed by atoms with Gasteiger partial charge < -0.3 is 10.2 Å². The number of rotatable bonds is 5. The van der Waals surface area contributed by atoms with Crippen LogP contribution in [0.15, 0.2) is 48.5 Å². The van der Waals surface area contributed by atoms with Gasteiger partial charge in [0.25, 0.3) is 5.69 Å². The summed E-state index contributed by atoms with van der Waals surface area (Å²) in [4.78, 5) is 23.8. The monoisotopic (exact) mass is 317 g/mol. The van der Waals surface area contributed by atoms with Crippen molar-refractivity contribution in [3.63, 3.8) is 0 Å². The second kappa shape index (κ2) is 7.35. The third-order valence-electron chi connectivity index (χ3n) is 3.26. The lowest BCUT2D eigenvalue weighted by Gasteiger charge is -2.21. The van der Waals surface area contributed by atoms with E-state index in [4.69, 9.17) is 0 Å². The van der Waals surface area contributed by atoms with Crippen LogP contribution < -0.4 is 5.32 Å². The van der Waals surface area contributed by atoms with Gasteiger partial charge in [0.05, 0.1) is 4.92 Å². The summed E-state index contributed by atoms with van der Waals surface area (Å²) in [6.07, 6.45) is 0. The summed E-state index contributed by atoms with van der Waals surface area (Å²) in [6, 6.07) is 11.3. The number of carbonyl (C=O) groups is 1. The molecule has 0 aromatic heterocycles. The summed E-state index contributed by atoms with van der Waals surface area (Å²) in [7, 11) is 0. The Kier molecular flexibility index (Phi) is 5.24. The van der Waals surface area contributed by atoms with E-state index in [1.165, 1.54) is 41.3 Å². The van der Waals surface area contributed by atoms with E-state index in [2.05, 4.69) is 5.32 Å². The SMILES string of the molecule is CCN(Cc1cccc(F)c1)C(=O)Nc1ccc([N+](=O)[O-])cc1. The van der Waals surface area contributed by atoms with Crippen LogP contribution in [0.2, 0.25) is 0 Å². The first kappa shape index (κ1) is 16.4. The number of hydrogen-bond acceptors (Lipinski definition) is 3. The smallest absolute Gasteiger partial charge is 0.320 e. The van der Waals surface area contributed by atoms with Crippen LogP contribution in [0.5, 0.6) is 0 Å². The van der Waals surface area contributed by atoms with Gasteiger partial charge in [-0.05, 0) is 36.8 Å². The lowest BCUT2D eigenvalue weighted by Crippen LogP contribution is -2.34. The van der Waals surface area contributed by atoms with Gasteiger partial charge >= 0.3 is 6.03 Å². The zero-order chi connectivity index (χ0) is 16.8. The van der Waals surface area contributed by atoms with Gasteiger partial charge in [-0.2, -0.15) is 0 Å². The number of benzene rings is 2. The number of carbonyl (C=O) groups excluding carboxylic acids is 1. The van der Waals surface area contributed by atoms with E-state index in [0.29, 0.717) is 17.8 Å². The van der Waals surface area contributed by atoms with Crippen molar-refractivity contribution in [2.45, 2.75) is 13.5 Å². The van der Waals surface area contributed by atoms with Crippen molar-refractivity contribution in [1.29, 1.82) is 0 Å². The fourth-order valence-corrected chi connectivity index (χ4v) is 2.05. The van der Waals surface area contributed by atoms with E-state index in [1.807, 2.05) is 6.92 Å². The third-order valence-corrected chi connectivity index (χ3v) is 3.26. The molecule has 120 valence electrons. The van der Waals surface area contributed by atoms with Crippen LogP contribution in [0.4, 0.5) is 20.6 Å². The van der Waals surface area contributed by atoms with E-state index in [9.17, 15) is 19.3 Å². The van der Waals surface area contributed by atoms with Crippen LogP contribution in [-0.2, 0) is 6.54 Å². The molecule has 0 aliphatic carbocycles. The van der Waals surface area contributed by atoms with Gasteiger partial charge in [-0.15, -0.1) is 0 Å². The Morgan fingerprint density at radius 3 is 2.52 bits per heavy atom. The molecule has 0 bridgehead atoms. The van der Waals surface area contributed by atoms with Gasteiger partial charge in [0.1, 0.15) is 5.82 Å². The maximum Gasteiger partial charge on any atom is 0.322 e. The predicted molar refractivity (Wildman–Crippen MR) is 84.6 cm³/mol. The first-order chi connectivity index (χ1) is 11.0. The molecule has 0 unspecified atom stereocenters. The van der Waals surface area contributed by atoms with Crippen molar-refractivity contribution in [2.75, 3.05) is 11.9 Å². The third kappa shape index (κ3) is 4.50. The first-order valence-corrected chi connectivity index (χ1v) is 7.04. The predicted octanol–water partition coefficient (Wildman–Crippen LogP) is 3.79. The molecule has 0 radical (unpaired) electrons. The molecule has 7 heteroatoms. The molecule has 0 spiro atoms. The first-order valence-electron chi connectivity index (χ1n) is 7.04. The van der Waals surface area contributed by atoms with Crippen LogP contribution in [-0.4, -0.2) is 22.4 Å². The van der Waals surface area contributed by atoms with Crippen molar-refractivity contribution in [3.8, 4) is 0 Å². The summed E-state index contributed by atoms with van der Waals surface area (Å²) >= 11 is 0. The van der Waals surface area contributed by atoms with E-state index in [-0.39, 0.29) is 24.1 Å². The molecule has 6 nitrogen and oxygen atoms in total. The topological polar surface area (TPSA) is 75.5 Å². The summed E-state index contributed by atoms with van der Waals surface area (Å²) in [6.45, 7) is 2.52. The van der Waals surface area contributed by atoms with Crippen molar-refractivity contribution in [2.24, 2.45) is 0 Å². The highest BCUT2D eigenvalue weighted by atomic mass is 19.1. The number of nitro benzene ring substituents is 1. The zero-order valence-corrected chi connectivity index (χ0v) is 12.5. The molecule has 0 saturated carbocycles. The molecule has 0 heterocycles. The molecule has 0 aliphatic heterocycles. The van der Waals surface area contributed by atoms with E-state index < -0.39 is 4.92 Å². The number of amides is 2. The van der Waals surface area contributed by atoms with E-state index >= 15 is 0 Å². The quantitative estimate of drug-likeness (QED) is 0.673. The number of urea groups is 1. The average molecular weight is 317 g/mol. The molecule has 0 saturated heterocycles. The van der Waals surface area contributed by atoms with Crippen molar-refractivity contribution >= 4 is 17.4 Å². The van der Waals surface area contributed by atoms with Crippen LogP contribution >= 0.6 is 0 Å². The molecule has 0 atom stereocenters. The van der Waals surface area contributed by atoms with Crippen molar-refractivity contribution in [1.82, 2.24) is 4.90 Å². The number of non-ortho nitro benzene ring substituents is 1. The Balaban J connectivity index is 2.03. The molecule has 0 aliphatic rings. The number of nitro groups is 1. The Morgan fingerprint density at radius 2 is 1.96 bits per heavy atom. The van der Waals surface area contributed by atoms with Crippen LogP contribution in [0.1, 0.15) is 12.5 Å². The molecule has 2 aromatic carbocycles. The van der Waals surface area contributed by atoms with Crippen LogP contribution in [0.25, 0.3) is 0 Å². The molecule has 1 N–H and O–H groups in total. The number of nitrogens with one attached hydrogen (secondary N) is 1. The number of halogens is 1. The average Bonchev–Trinajstić information content (AvgIpc) is 2.53. The molecule has 0 fully saturated rings. The lowest BCUT2D eigenvalue weighted by atomic mass is 10.2. The standard InChI is InChI=1S/C16H16FN3O3/c1-2-19(11-12-4-3-5-13(17)10-12)16(21)18-14-6-8-15(9-7-14)20(22)23/h3-10H,2,11H2,1H3,(H,18,21). The minimum Gasteiger partial charge on any atom is -0.320 e. The number of nitrogens with zero attached hydrogens (tertiary/aromatic N) is 2. The Labute approximate surface area is 132 Å². The number of anilines is 1. The van der Waals surface area contributed by atoms with Gasteiger partial charge in [0.2, 0.25) is 0 Å². The summed E-state index contributed by atoms with van der Waals surface area (Å²) in [5.41, 5.74) is 1.10. The Hall–Kier alpha value is -2.96. The lowest BCUT2D eigenvalue weighted by molar-refractivity contribution is -0.384. The zero-order valence-electron chi connectivity index (χ0n) is 12.5. The van der Waals surface area contributed by atoms with E-state index in [1.54, 1.807) is 12.1 Å². The second-order valence-electron chi connectivity index (χ2n) is 4.88. The van der Waals surface area contributed by atoms with Crippen LogP contribution in [0.3, 0.4) is 0 Å². The van der Waals surface area contributed by atoms with Crippen LogP contribution in [0, 0.1) is 15.9 Å². The van der Waals surface area contributed by atoms with Crippen molar-refractivity contribution in [3.05, 3.63) is 70.0 Å². The molecular formula is C16H16FN3O3. The van der Waals surface area contributed by atoms with E-state index in [0.717, 1.165) is 0 Å². The Bertz CT molecular complexity index is 704. The van der Waals surface area contributed by atoms with Gasteiger partial charge in [-0.1, -0.05) is 12.1 Å². The van der Waals surface area contributed by atoms with Gasteiger partial charge in [-0.25, -0.2) is 9.18 Å². The van der Waals surface area contributed by atoms with Gasteiger partial charge in [0.15, 0.2) is 0 Å². The Morgan fingerprint density at radius 1 is 1.26 bits per heavy atom. The highest BCUT2D eigenvalue weighted by Gasteiger charge is 2.13. The minimum atomic E-state index is -0.506. The highest BCUT2D eigenvalue weighted by Crippen LogP contribution is 2.16. The fourth-order valence-electron chi connectivity index (χ4n) is 2.05. The molecular weight excluding hydrogens is 301 g/mol. The number of hydrogen-bond donors (Lipinski definition) is 1. The highest BCUT2D eigenvalue weighted by molar-refractivity contribution is 5.89. The van der Waals surface area contributed by atoms with Gasteiger partial charge in [-0.3, -0.25) is 10.1 Å². The normalized spacial score (nSPS) is 10.2. The van der Waals surface area contributed by atoms with Gasteiger partial charge in [0, 0.05) is 30.9 Å². The summed E-state index contributed by atoms with van der Waals surface area (Å²) in [5.74, 6) is -0.352. The summed E-state index contributed by atoms with van der Waals surface area (Å²) < 4.78 is 13.2. The summed E-state index contributed by atoms with van der Waals surface area (Å²) in [5, 5.41) is 13.3. The molecule has 2 aromatic rings. The largest absolute Gasteiger partial charge is 0.322 e. The maximum atomic E-state index is 13.2. The maximum absolute atomic E-state index is 13.2. The molecule has 2 amide bonds. The molecule has 2 rings (SSSR count). The second-order valence-corrected chi connectivity index (χ2v) is 4.88.